The van der Waals surface area contributed by atoms with Crippen molar-refractivity contribution in [1.82, 2.24) is 4.57 Å². The topological polar surface area (TPSA) is 45.0 Å². The van der Waals surface area contributed by atoms with Gasteiger partial charge in [-0.2, -0.15) is 0 Å². The standard InChI is InChI=1S/C21H20N2O3S/c1-3-10-23-18(15-4-7-17(24-2)8-5-15)14-27-21(23)22-16-6-9-19-20(13-16)26-12-11-25-19/h3-9,13-14H,1,10-12H2,2H3. The van der Waals surface area contributed by atoms with Gasteiger partial charge in [-0.3, -0.25) is 0 Å². The highest BCUT2D eigenvalue weighted by Crippen LogP contribution is 2.33. The predicted octanol–water partition coefficient (Wildman–Crippen LogP) is 4.41. The van der Waals surface area contributed by atoms with Crippen molar-refractivity contribution in [3.63, 3.8) is 0 Å². The lowest BCUT2D eigenvalue weighted by molar-refractivity contribution is 0.171. The first-order chi connectivity index (χ1) is 13.3. The highest BCUT2D eigenvalue weighted by molar-refractivity contribution is 7.07. The fraction of sp³-hybridized carbons (Fsp3) is 0.190. The van der Waals surface area contributed by atoms with Gasteiger partial charge < -0.3 is 18.8 Å². The minimum atomic E-state index is 0.563. The Morgan fingerprint density at radius 2 is 1.93 bits per heavy atom. The van der Waals surface area contributed by atoms with Crippen molar-refractivity contribution in [2.45, 2.75) is 6.54 Å². The van der Waals surface area contributed by atoms with E-state index in [9.17, 15) is 0 Å². The molecule has 4 rings (SSSR count). The quantitative estimate of drug-likeness (QED) is 0.616. The summed E-state index contributed by atoms with van der Waals surface area (Å²) >= 11 is 1.60. The highest BCUT2D eigenvalue weighted by Gasteiger charge is 2.12. The Bertz CT molecular complexity index is 1020. The van der Waals surface area contributed by atoms with Gasteiger partial charge in [0.15, 0.2) is 16.3 Å². The molecule has 0 bridgehead atoms. The molecule has 2 aromatic carbocycles. The minimum Gasteiger partial charge on any atom is -0.497 e. The second-order valence-electron chi connectivity index (χ2n) is 5.97. The van der Waals surface area contributed by atoms with Crippen LogP contribution in [0.15, 0.2) is 65.5 Å². The van der Waals surface area contributed by atoms with Crippen LogP contribution in [0.25, 0.3) is 11.3 Å². The van der Waals surface area contributed by atoms with Gasteiger partial charge in [-0.1, -0.05) is 6.08 Å². The van der Waals surface area contributed by atoms with Crippen LogP contribution in [0.4, 0.5) is 5.69 Å². The van der Waals surface area contributed by atoms with Crippen molar-refractivity contribution in [1.29, 1.82) is 0 Å². The molecule has 1 aliphatic rings. The van der Waals surface area contributed by atoms with Crippen LogP contribution < -0.4 is 19.0 Å². The number of hydrogen-bond donors (Lipinski definition) is 0. The van der Waals surface area contributed by atoms with Crippen LogP contribution in [0.5, 0.6) is 17.2 Å². The molecule has 0 spiro atoms. The molecule has 0 unspecified atom stereocenters. The van der Waals surface area contributed by atoms with Gasteiger partial charge in [-0.25, -0.2) is 4.99 Å². The minimum absolute atomic E-state index is 0.563. The SMILES string of the molecule is C=CCn1c(-c2ccc(OC)cc2)csc1=Nc1ccc2c(c1)OCCO2. The molecule has 5 nitrogen and oxygen atoms in total. The second-order valence-corrected chi connectivity index (χ2v) is 6.81. The monoisotopic (exact) mass is 380 g/mol. The summed E-state index contributed by atoms with van der Waals surface area (Å²) in [7, 11) is 1.67. The van der Waals surface area contributed by atoms with E-state index in [-0.39, 0.29) is 0 Å². The van der Waals surface area contributed by atoms with E-state index in [4.69, 9.17) is 19.2 Å². The number of fused-ring (bicyclic) bond motifs is 1. The van der Waals surface area contributed by atoms with Crippen LogP contribution >= 0.6 is 11.3 Å². The Hall–Kier alpha value is -2.99. The molecular weight excluding hydrogens is 360 g/mol. The summed E-state index contributed by atoms with van der Waals surface area (Å²) in [6, 6.07) is 13.8. The third kappa shape index (κ3) is 3.61. The first-order valence-electron chi connectivity index (χ1n) is 8.66. The van der Waals surface area contributed by atoms with Gasteiger partial charge in [-0.05, 0) is 42.0 Å². The van der Waals surface area contributed by atoms with Crippen molar-refractivity contribution in [3.8, 4) is 28.5 Å². The molecule has 0 fully saturated rings. The molecule has 0 saturated heterocycles. The van der Waals surface area contributed by atoms with E-state index < -0.39 is 0 Å². The number of rotatable bonds is 5. The van der Waals surface area contributed by atoms with Crippen LogP contribution in [-0.2, 0) is 6.54 Å². The zero-order valence-corrected chi connectivity index (χ0v) is 15.9. The number of aromatic nitrogens is 1. The molecule has 6 heteroatoms. The van der Waals surface area contributed by atoms with E-state index in [1.807, 2.05) is 48.5 Å². The van der Waals surface area contributed by atoms with Crippen molar-refractivity contribution in [3.05, 3.63) is 65.3 Å². The summed E-state index contributed by atoms with van der Waals surface area (Å²) < 4.78 is 18.6. The Labute approximate surface area is 161 Å². The molecule has 0 radical (unpaired) electrons. The van der Waals surface area contributed by atoms with Crippen molar-refractivity contribution < 1.29 is 14.2 Å². The molecule has 138 valence electrons. The largest absolute Gasteiger partial charge is 0.497 e. The fourth-order valence-electron chi connectivity index (χ4n) is 2.93. The Morgan fingerprint density at radius 3 is 2.67 bits per heavy atom. The lowest BCUT2D eigenvalue weighted by atomic mass is 10.1. The van der Waals surface area contributed by atoms with Crippen LogP contribution in [0.1, 0.15) is 0 Å². The summed E-state index contributed by atoms with van der Waals surface area (Å²) in [5, 5.41) is 2.11. The average Bonchev–Trinajstić information content (AvgIpc) is 3.10. The maximum atomic E-state index is 5.66. The highest BCUT2D eigenvalue weighted by atomic mass is 32.1. The van der Waals surface area contributed by atoms with Crippen LogP contribution in [0, 0.1) is 0 Å². The summed E-state index contributed by atoms with van der Waals surface area (Å²) in [6.07, 6.45) is 1.88. The first kappa shape index (κ1) is 17.4. The number of ether oxygens (including phenoxy) is 3. The molecule has 0 saturated carbocycles. The summed E-state index contributed by atoms with van der Waals surface area (Å²) in [5.41, 5.74) is 3.04. The molecule has 0 N–H and O–H groups in total. The Morgan fingerprint density at radius 1 is 1.15 bits per heavy atom. The molecule has 1 aliphatic heterocycles. The van der Waals surface area contributed by atoms with Crippen molar-refractivity contribution >= 4 is 17.0 Å². The predicted molar refractivity (Wildman–Crippen MR) is 107 cm³/mol. The van der Waals surface area contributed by atoms with E-state index in [0.29, 0.717) is 19.8 Å². The molecule has 2 heterocycles. The van der Waals surface area contributed by atoms with E-state index in [1.165, 1.54) is 0 Å². The molecule has 27 heavy (non-hydrogen) atoms. The Kier molecular flexibility index (Phi) is 4.98. The maximum absolute atomic E-state index is 5.66. The number of methoxy groups -OCH3 is 1. The van der Waals surface area contributed by atoms with Crippen LogP contribution in [-0.4, -0.2) is 24.9 Å². The number of benzene rings is 2. The number of thiazole rings is 1. The van der Waals surface area contributed by atoms with E-state index >= 15 is 0 Å². The van der Waals surface area contributed by atoms with Gasteiger partial charge in [0.05, 0.1) is 18.5 Å². The van der Waals surface area contributed by atoms with Gasteiger partial charge in [0.2, 0.25) is 0 Å². The second kappa shape index (κ2) is 7.72. The first-order valence-corrected chi connectivity index (χ1v) is 9.54. The summed E-state index contributed by atoms with van der Waals surface area (Å²) in [4.78, 5) is 5.72. The molecule has 3 aromatic rings. The molecular formula is C21H20N2O3S. The fourth-order valence-corrected chi connectivity index (χ4v) is 3.87. The summed E-state index contributed by atoms with van der Waals surface area (Å²) in [6.45, 7) is 5.71. The van der Waals surface area contributed by atoms with Gasteiger partial charge in [0, 0.05) is 18.0 Å². The molecule has 0 aliphatic carbocycles. The molecule has 0 atom stereocenters. The van der Waals surface area contributed by atoms with Crippen LogP contribution in [0.3, 0.4) is 0 Å². The lowest BCUT2D eigenvalue weighted by Gasteiger charge is -2.18. The molecule has 0 amide bonds. The van der Waals surface area contributed by atoms with Gasteiger partial charge in [0.25, 0.3) is 0 Å². The zero-order chi connectivity index (χ0) is 18.6. The third-order valence-corrected chi connectivity index (χ3v) is 5.11. The lowest BCUT2D eigenvalue weighted by Crippen LogP contribution is -2.16. The number of hydrogen-bond acceptors (Lipinski definition) is 5. The van der Waals surface area contributed by atoms with Crippen molar-refractivity contribution in [2.75, 3.05) is 20.3 Å². The number of allylic oxidation sites excluding steroid dienone is 1. The smallest absolute Gasteiger partial charge is 0.190 e. The Balaban J connectivity index is 1.75. The average molecular weight is 380 g/mol. The van der Waals surface area contributed by atoms with Crippen molar-refractivity contribution in [2.24, 2.45) is 4.99 Å². The van der Waals surface area contributed by atoms with E-state index in [0.717, 1.165) is 39.0 Å². The third-order valence-electron chi connectivity index (χ3n) is 4.25. The van der Waals surface area contributed by atoms with Gasteiger partial charge in [-0.15, -0.1) is 17.9 Å². The zero-order valence-electron chi connectivity index (χ0n) is 15.1. The summed E-state index contributed by atoms with van der Waals surface area (Å²) in [5.74, 6) is 2.35. The van der Waals surface area contributed by atoms with Gasteiger partial charge >= 0.3 is 0 Å². The number of nitrogens with zero attached hydrogens (tertiary/aromatic N) is 2. The van der Waals surface area contributed by atoms with Crippen LogP contribution in [0.2, 0.25) is 0 Å². The van der Waals surface area contributed by atoms with E-state index in [2.05, 4.69) is 16.5 Å². The molecule has 1 aromatic heterocycles. The normalized spacial score (nSPS) is 13.4. The maximum Gasteiger partial charge on any atom is 0.190 e. The van der Waals surface area contributed by atoms with E-state index in [1.54, 1.807) is 18.4 Å². The van der Waals surface area contributed by atoms with Gasteiger partial charge in [0.1, 0.15) is 19.0 Å².